The average Bonchev–Trinajstić information content (AvgIpc) is 2.49. The molecule has 2 aromatic carbocycles. The summed E-state index contributed by atoms with van der Waals surface area (Å²) in [5.74, 6) is -0.211. The Morgan fingerprint density at radius 1 is 1.15 bits per heavy atom. The maximum atomic E-state index is 11.8. The van der Waals surface area contributed by atoms with Gasteiger partial charge >= 0.3 is 5.97 Å². The molecule has 20 heavy (non-hydrogen) atoms. The lowest BCUT2D eigenvalue weighted by atomic mass is 10.3. The number of hydrogen-bond donors (Lipinski definition) is 0. The Morgan fingerprint density at radius 3 is 2.40 bits per heavy atom. The summed E-state index contributed by atoms with van der Waals surface area (Å²) in [6.07, 6.45) is 1.07. The molecule has 2 aromatic rings. The first kappa shape index (κ1) is 13.5. The second-order valence-corrected chi connectivity index (χ2v) is 3.83. The summed E-state index contributed by atoms with van der Waals surface area (Å²) in [6.45, 7) is 3.30. The molecule has 0 saturated heterocycles. The van der Waals surface area contributed by atoms with Gasteiger partial charge in [0.15, 0.2) is 0 Å². The fourth-order valence-electron chi connectivity index (χ4n) is 1.46. The first-order valence-electron chi connectivity index (χ1n) is 5.87. The van der Waals surface area contributed by atoms with Crippen molar-refractivity contribution in [2.45, 2.75) is 0 Å². The molecular formula is C15H12N2O3. The van der Waals surface area contributed by atoms with Crippen LogP contribution in [0.2, 0.25) is 0 Å². The van der Waals surface area contributed by atoms with Crippen molar-refractivity contribution >= 4 is 17.3 Å². The average molecular weight is 268 g/mol. The Kier molecular flexibility index (Phi) is 4.24. The third-order valence-corrected chi connectivity index (χ3v) is 2.41. The molecule has 0 saturated carbocycles. The van der Waals surface area contributed by atoms with Gasteiger partial charge in [0.25, 0.3) is 0 Å². The molecule has 0 fully saturated rings. The van der Waals surface area contributed by atoms with Gasteiger partial charge in [-0.3, -0.25) is 0 Å². The fourth-order valence-corrected chi connectivity index (χ4v) is 1.46. The van der Waals surface area contributed by atoms with Crippen LogP contribution in [0.1, 0.15) is 0 Å². The topological polar surface area (TPSA) is 64.7 Å². The Labute approximate surface area is 116 Å². The number of ether oxygens (including phenoxy) is 1. The summed E-state index contributed by atoms with van der Waals surface area (Å²) in [4.78, 5) is 11.5. The molecule has 0 bridgehead atoms. The van der Waals surface area contributed by atoms with E-state index in [2.05, 4.69) is 11.7 Å². The van der Waals surface area contributed by atoms with Crippen LogP contribution in [0.3, 0.4) is 0 Å². The third-order valence-electron chi connectivity index (χ3n) is 2.41. The zero-order valence-electron chi connectivity index (χ0n) is 10.6. The molecule has 2 rings (SSSR count). The van der Waals surface area contributed by atoms with Crippen LogP contribution in [0.15, 0.2) is 72.4 Å². The molecule has 100 valence electrons. The highest BCUT2D eigenvalue weighted by atomic mass is 16.5. The number of nitrogens with zero attached hydrogens (tertiary/aromatic N) is 2. The standard InChI is InChI=1S/C15H12N2O3/c1-2-15(18)20-14-10-8-13(9-11-14)17(19)16-12-6-4-3-5-7-12/h2-11H,1H2/b17-16-. The van der Waals surface area contributed by atoms with E-state index in [1.165, 1.54) is 24.3 Å². The van der Waals surface area contributed by atoms with Gasteiger partial charge in [0, 0.05) is 23.3 Å². The van der Waals surface area contributed by atoms with Crippen molar-refractivity contribution in [1.82, 2.24) is 0 Å². The van der Waals surface area contributed by atoms with Crippen LogP contribution in [0, 0.1) is 5.21 Å². The molecular weight excluding hydrogens is 256 g/mol. The fraction of sp³-hybridized carbons (Fsp3) is 0. The maximum absolute atomic E-state index is 11.8. The molecule has 0 spiro atoms. The predicted molar refractivity (Wildman–Crippen MR) is 74.1 cm³/mol. The minimum Gasteiger partial charge on any atom is -0.594 e. The normalized spacial score (nSPS) is 10.9. The Hall–Kier alpha value is -2.95. The van der Waals surface area contributed by atoms with Crippen LogP contribution >= 0.6 is 0 Å². The quantitative estimate of drug-likeness (QED) is 0.212. The number of hydrogen-bond acceptors (Lipinski definition) is 4. The van der Waals surface area contributed by atoms with E-state index in [4.69, 9.17) is 4.74 Å². The van der Waals surface area contributed by atoms with Crippen molar-refractivity contribution in [3.8, 4) is 5.75 Å². The summed E-state index contributed by atoms with van der Waals surface area (Å²) in [7, 11) is 0. The van der Waals surface area contributed by atoms with Crippen LogP contribution in [0.5, 0.6) is 5.75 Å². The molecule has 5 heteroatoms. The Morgan fingerprint density at radius 2 is 1.80 bits per heavy atom. The summed E-state index contributed by atoms with van der Waals surface area (Å²) < 4.78 is 4.91. The van der Waals surface area contributed by atoms with E-state index in [-0.39, 0.29) is 0 Å². The largest absolute Gasteiger partial charge is 0.594 e. The molecule has 0 atom stereocenters. The Bertz CT molecular complexity index is 634. The second-order valence-electron chi connectivity index (χ2n) is 3.83. The van der Waals surface area contributed by atoms with Gasteiger partial charge in [0.2, 0.25) is 5.69 Å². The summed E-state index contributed by atoms with van der Waals surface area (Å²) in [6, 6.07) is 15.0. The number of carbonyl (C=O) groups excluding carboxylic acids is 1. The minimum atomic E-state index is -0.550. The van der Waals surface area contributed by atoms with Crippen molar-refractivity contribution < 1.29 is 14.4 Å². The van der Waals surface area contributed by atoms with E-state index in [0.29, 0.717) is 22.0 Å². The first-order valence-corrected chi connectivity index (χ1v) is 5.87. The summed E-state index contributed by atoms with van der Waals surface area (Å²) >= 11 is 0. The lowest BCUT2D eigenvalue weighted by molar-refractivity contribution is -0.435. The van der Waals surface area contributed by atoms with E-state index in [0.717, 1.165) is 6.08 Å². The summed E-state index contributed by atoms with van der Waals surface area (Å²) in [5.41, 5.74) is 0.900. The number of carbonyl (C=O) groups is 1. The van der Waals surface area contributed by atoms with Gasteiger partial charge in [-0.05, 0) is 24.3 Å². The molecule has 0 aliphatic rings. The second kappa shape index (κ2) is 6.29. The van der Waals surface area contributed by atoms with E-state index >= 15 is 0 Å². The van der Waals surface area contributed by atoms with Crippen LogP contribution in [-0.4, -0.2) is 10.8 Å². The smallest absolute Gasteiger partial charge is 0.335 e. The molecule has 0 aliphatic carbocycles. The number of rotatable bonds is 4. The van der Waals surface area contributed by atoms with Gasteiger partial charge in [0.05, 0.1) is 0 Å². The SMILES string of the molecule is C=CC(=O)Oc1ccc(/[N+]([O-])=N/c2ccccc2)cc1. The van der Waals surface area contributed by atoms with Crippen molar-refractivity contribution in [3.05, 3.63) is 72.5 Å². The monoisotopic (exact) mass is 268 g/mol. The molecule has 0 N–H and O–H groups in total. The van der Waals surface area contributed by atoms with Crippen molar-refractivity contribution in [2.75, 3.05) is 0 Å². The van der Waals surface area contributed by atoms with Crippen LogP contribution in [0.4, 0.5) is 11.4 Å². The maximum Gasteiger partial charge on any atom is 0.335 e. The highest BCUT2D eigenvalue weighted by molar-refractivity contribution is 5.83. The van der Waals surface area contributed by atoms with Crippen LogP contribution in [-0.2, 0) is 4.79 Å². The Balaban J connectivity index is 2.15. The lowest BCUT2D eigenvalue weighted by Crippen LogP contribution is -2.02. The van der Waals surface area contributed by atoms with Gasteiger partial charge in [0.1, 0.15) is 11.4 Å². The number of esters is 1. The molecule has 0 aliphatic heterocycles. The van der Waals surface area contributed by atoms with Gasteiger partial charge in [-0.15, -0.1) is 0 Å². The zero-order chi connectivity index (χ0) is 14.4. The van der Waals surface area contributed by atoms with Gasteiger partial charge < -0.3 is 9.94 Å². The van der Waals surface area contributed by atoms with Gasteiger partial charge in [-0.2, -0.15) is 0 Å². The van der Waals surface area contributed by atoms with Crippen molar-refractivity contribution in [1.29, 1.82) is 0 Å². The molecule has 0 amide bonds. The minimum absolute atomic E-state index is 0.340. The third kappa shape index (κ3) is 3.52. The van der Waals surface area contributed by atoms with Crippen molar-refractivity contribution in [2.24, 2.45) is 5.11 Å². The van der Waals surface area contributed by atoms with E-state index in [1.54, 1.807) is 24.3 Å². The molecule has 0 unspecified atom stereocenters. The number of azo groups is 1. The highest BCUT2D eigenvalue weighted by Gasteiger charge is 2.06. The summed E-state index contributed by atoms with van der Waals surface area (Å²) in [5, 5.41) is 15.7. The molecule has 5 nitrogen and oxygen atoms in total. The van der Waals surface area contributed by atoms with Gasteiger partial charge in [-0.25, -0.2) is 4.79 Å². The van der Waals surface area contributed by atoms with Gasteiger partial charge in [-0.1, -0.05) is 29.6 Å². The van der Waals surface area contributed by atoms with E-state index in [9.17, 15) is 10.0 Å². The van der Waals surface area contributed by atoms with Crippen LogP contribution < -0.4 is 4.74 Å². The van der Waals surface area contributed by atoms with Crippen LogP contribution in [0.25, 0.3) is 0 Å². The molecule has 0 heterocycles. The van der Waals surface area contributed by atoms with Crippen molar-refractivity contribution in [3.63, 3.8) is 0 Å². The predicted octanol–water partition coefficient (Wildman–Crippen LogP) is 3.70. The first-order chi connectivity index (χ1) is 9.69. The molecule has 0 aromatic heterocycles. The zero-order valence-corrected chi connectivity index (χ0v) is 10.6. The molecule has 0 radical (unpaired) electrons. The lowest BCUT2D eigenvalue weighted by Gasteiger charge is -2.02. The highest BCUT2D eigenvalue weighted by Crippen LogP contribution is 2.20. The van der Waals surface area contributed by atoms with E-state index in [1.807, 2.05) is 6.07 Å². The number of benzene rings is 2. The van der Waals surface area contributed by atoms with E-state index < -0.39 is 5.97 Å².